The summed E-state index contributed by atoms with van der Waals surface area (Å²) < 4.78 is 32.5. The van der Waals surface area contributed by atoms with Crippen LogP contribution >= 0.6 is 11.6 Å². The van der Waals surface area contributed by atoms with Gasteiger partial charge in [-0.25, -0.2) is 4.79 Å². The minimum atomic E-state index is -3.85. The summed E-state index contributed by atoms with van der Waals surface area (Å²) in [5, 5.41) is 0.268. The van der Waals surface area contributed by atoms with E-state index in [1.54, 1.807) is 0 Å². The monoisotopic (exact) mass is 297 g/mol. The van der Waals surface area contributed by atoms with Gasteiger partial charge in [-0.1, -0.05) is 17.7 Å². The van der Waals surface area contributed by atoms with Crippen LogP contribution in [0.5, 0.6) is 0 Å². The number of halogens is 1. The van der Waals surface area contributed by atoms with Gasteiger partial charge in [-0.05, 0) is 12.1 Å². The van der Waals surface area contributed by atoms with E-state index in [0.717, 1.165) is 0 Å². The highest BCUT2D eigenvalue weighted by atomic mass is 35.5. The molecule has 8 heteroatoms. The van der Waals surface area contributed by atoms with Crippen LogP contribution in [0, 0.1) is 0 Å². The summed E-state index contributed by atoms with van der Waals surface area (Å²) in [6.07, 6.45) is 0. The second kappa shape index (κ2) is 5.74. The molecule has 0 spiro atoms. The highest BCUT2D eigenvalue weighted by Gasteiger charge is 2.15. The highest BCUT2D eigenvalue weighted by Crippen LogP contribution is 2.19. The lowest BCUT2D eigenvalue weighted by atomic mass is 10.1. The van der Waals surface area contributed by atoms with Crippen molar-refractivity contribution in [2.75, 3.05) is 7.11 Å². The summed E-state index contributed by atoms with van der Waals surface area (Å²) in [4.78, 5) is 11.2. The molecule has 1 rings (SSSR count). The fourth-order valence-corrected chi connectivity index (χ4v) is 2.75. The molecule has 2 N–H and O–H groups in total. The number of carbonyl (C=O) groups excluding carboxylic acids is 1. The zero-order chi connectivity index (χ0) is 13.1. The molecule has 0 bridgehead atoms. The molecular weight excluding hydrogens is 288 g/mol. The maximum Gasteiger partial charge on any atom is 0.430 e. The van der Waals surface area contributed by atoms with Gasteiger partial charge in [-0.15, -0.1) is 0 Å². The SMILES string of the molecule is COC(=O)c1ccc(C[S+]=S(=O)(O)O)c(Cl)c1. The third-order valence-electron chi connectivity index (χ3n) is 1.84. The third-order valence-corrected chi connectivity index (χ3v) is 4.20. The molecule has 0 heterocycles. The van der Waals surface area contributed by atoms with Gasteiger partial charge in [0.05, 0.1) is 12.7 Å². The Hall–Kier alpha value is -0.730. The van der Waals surface area contributed by atoms with Crippen molar-refractivity contribution in [2.45, 2.75) is 5.75 Å². The Morgan fingerprint density at radius 2 is 2.18 bits per heavy atom. The lowest BCUT2D eigenvalue weighted by Gasteiger charge is -2.01. The molecule has 0 saturated carbocycles. The summed E-state index contributed by atoms with van der Waals surface area (Å²) >= 11 is 5.88. The Morgan fingerprint density at radius 3 is 2.65 bits per heavy atom. The van der Waals surface area contributed by atoms with E-state index in [-0.39, 0.29) is 10.8 Å². The molecule has 5 nitrogen and oxygen atoms in total. The van der Waals surface area contributed by atoms with Crippen molar-refractivity contribution < 1.29 is 22.8 Å². The first-order chi connectivity index (χ1) is 7.83. The summed E-state index contributed by atoms with van der Waals surface area (Å²) in [5.74, 6) is -0.453. The minimum Gasteiger partial charge on any atom is -0.465 e. The number of hydrogen-bond donors (Lipinski definition) is 2. The first-order valence-electron chi connectivity index (χ1n) is 4.33. The molecule has 0 unspecified atom stereocenters. The number of hydrogen-bond acceptors (Lipinski definition) is 3. The summed E-state index contributed by atoms with van der Waals surface area (Å²) in [6.45, 7) is 0. The van der Waals surface area contributed by atoms with Gasteiger partial charge in [0.2, 0.25) is 5.75 Å². The van der Waals surface area contributed by atoms with Crippen molar-refractivity contribution in [1.82, 2.24) is 0 Å². The van der Waals surface area contributed by atoms with Gasteiger partial charge in [-0.2, -0.15) is 4.21 Å². The molecule has 0 aliphatic carbocycles. The number of benzene rings is 1. The molecule has 1 aromatic rings. The van der Waals surface area contributed by atoms with Crippen LogP contribution in [-0.4, -0.2) is 26.4 Å². The van der Waals surface area contributed by atoms with Gasteiger partial charge in [0.1, 0.15) is 0 Å². The predicted octanol–water partition coefficient (Wildman–Crippen LogP) is 1.85. The average molecular weight is 298 g/mol. The highest BCUT2D eigenvalue weighted by molar-refractivity contribution is 8.33. The standard InChI is InChI=1S/C9H9ClO5S2/c1-15-9(11)6-2-3-7(8(10)4-6)5-16-17(12,13)14/h2-4H,5H2,1H3,(H-,12,13,14)/p+1. The molecule has 1 aromatic carbocycles. The summed E-state index contributed by atoms with van der Waals surface area (Å²) in [7, 11) is -2.14. The molecule has 0 atom stereocenters. The second-order valence-electron chi connectivity index (χ2n) is 3.01. The number of esters is 1. The van der Waals surface area contributed by atoms with Crippen molar-refractivity contribution in [3.8, 4) is 0 Å². The maximum absolute atomic E-state index is 11.2. The Morgan fingerprint density at radius 1 is 1.53 bits per heavy atom. The molecule has 94 valence electrons. The van der Waals surface area contributed by atoms with Gasteiger partial charge in [0.25, 0.3) is 10.3 Å². The lowest BCUT2D eigenvalue weighted by molar-refractivity contribution is 0.0600. The Kier molecular flexibility index (Phi) is 4.84. The Labute approximate surface area is 107 Å². The quantitative estimate of drug-likeness (QED) is 0.657. The zero-order valence-corrected chi connectivity index (χ0v) is 11.1. The van der Waals surface area contributed by atoms with Crippen LogP contribution in [0.25, 0.3) is 0 Å². The summed E-state index contributed by atoms with van der Waals surface area (Å²) in [5.41, 5.74) is 0.833. The minimum absolute atomic E-state index is 0.0616. The zero-order valence-electron chi connectivity index (χ0n) is 8.75. The molecule has 0 aromatic heterocycles. The molecule has 0 amide bonds. The number of carbonyl (C=O) groups is 1. The van der Waals surface area contributed by atoms with Gasteiger partial charge < -0.3 is 4.74 Å². The largest absolute Gasteiger partial charge is 0.465 e. The third kappa shape index (κ3) is 4.57. The van der Waals surface area contributed by atoms with Crippen molar-refractivity contribution in [2.24, 2.45) is 0 Å². The summed E-state index contributed by atoms with van der Waals surface area (Å²) in [6, 6.07) is 4.43. The predicted molar refractivity (Wildman–Crippen MR) is 67.3 cm³/mol. The fourth-order valence-electron chi connectivity index (χ4n) is 1.05. The van der Waals surface area contributed by atoms with Crippen LogP contribution in [-0.2, 0) is 29.9 Å². The molecule has 0 fully saturated rings. The van der Waals surface area contributed by atoms with E-state index >= 15 is 0 Å². The topological polar surface area (TPSA) is 83.8 Å². The molecule has 0 saturated heterocycles. The first-order valence-corrected chi connectivity index (χ1v) is 7.69. The van der Waals surface area contributed by atoms with E-state index < -0.39 is 15.0 Å². The maximum atomic E-state index is 11.2. The van der Waals surface area contributed by atoms with Crippen LogP contribution in [0.15, 0.2) is 18.2 Å². The van der Waals surface area contributed by atoms with E-state index in [4.69, 9.17) is 20.7 Å². The van der Waals surface area contributed by atoms with Gasteiger partial charge in [0.15, 0.2) is 0 Å². The van der Waals surface area contributed by atoms with E-state index in [1.807, 2.05) is 0 Å². The van der Waals surface area contributed by atoms with Crippen molar-refractivity contribution >= 4 is 36.9 Å². The average Bonchev–Trinajstić information content (AvgIpc) is 2.25. The number of ether oxygens (including phenoxy) is 1. The lowest BCUT2D eigenvalue weighted by Crippen LogP contribution is -2.02. The van der Waals surface area contributed by atoms with Crippen molar-refractivity contribution in [3.63, 3.8) is 0 Å². The van der Waals surface area contributed by atoms with Gasteiger partial charge in [-0.3, -0.25) is 9.11 Å². The number of methoxy groups -OCH3 is 1. The molecule has 0 aliphatic heterocycles. The smallest absolute Gasteiger partial charge is 0.430 e. The second-order valence-corrected chi connectivity index (χ2v) is 6.84. The Bertz CT molecular complexity index is 540. The molecule has 17 heavy (non-hydrogen) atoms. The van der Waals surface area contributed by atoms with E-state index in [0.29, 0.717) is 21.4 Å². The van der Waals surface area contributed by atoms with Gasteiger partial charge in [0, 0.05) is 10.6 Å². The fraction of sp³-hybridized carbons (Fsp3) is 0.222. The Balaban J connectivity index is 2.99. The van der Waals surface area contributed by atoms with Crippen molar-refractivity contribution in [3.05, 3.63) is 34.3 Å². The molecule has 0 aliphatic rings. The first kappa shape index (κ1) is 14.3. The van der Waals surface area contributed by atoms with E-state index in [2.05, 4.69) is 4.74 Å². The van der Waals surface area contributed by atoms with Crippen molar-refractivity contribution in [1.29, 1.82) is 0 Å². The molecule has 0 radical (unpaired) electrons. The number of rotatable bonds is 3. The van der Waals surface area contributed by atoms with Crippen LogP contribution in [0.3, 0.4) is 0 Å². The van der Waals surface area contributed by atoms with Gasteiger partial charge >= 0.3 is 15.0 Å². The van der Waals surface area contributed by atoms with Crippen LogP contribution < -0.4 is 0 Å². The van der Waals surface area contributed by atoms with Crippen LogP contribution in [0.4, 0.5) is 0 Å². The molecular formula is C9H10ClO5S2+. The van der Waals surface area contributed by atoms with Crippen LogP contribution in [0.2, 0.25) is 5.02 Å². The van der Waals surface area contributed by atoms with Crippen LogP contribution in [0.1, 0.15) is 15.9 Å². The normalized spacial score (nSPS) is 11.1. The van der Waals surface area contributed by atoms with E-state index in [9.17, 15) is 9.00 Å². The van der Waals surface area contributed by atoms with E-state index in [1.165, 1.54) is 25.3 Å².